The van der Waals surface area contributed by atoms with Gasteiger partial charge in [0.1, 0.15) is 11.6 Å². The van der Waals surface area contributed by atoms with Crippen LogP contribution in [0.1, 0.15) is 0 Å². The van der Waals surface area contributed by atoms with Crippen LogP contribution in [0.5, 0.6) is 17.4 Å². The molecule has 0 atom stereocenters. The topological polar surface area (TPSA) is 151 Å². The summed E-state index contributed by atoms with van der Waals surface area (Å²) in [6, 6.07) is 5.51. The predicted molar refractivity (Wildman–Crippen MR) is 74.0 cm³/mol. The van der Waals surface area contributed by atoms with Crippen molar-refractivity contribution in [2.75, 3.05) is 18.3 Å². The molecule has 5 N–H and O–H groups in total. The number of hydrogen-bond acceptors (Lipinski definition) is 9. The lowest BCUT2D eigenvalue weighted by molar-refractivity contribution is -0.385. The molecule has 10 heteroatoms. The number of hydrazine groups is 1. The van der Waals surface area contributed by atoms with E-state index >= 15 is 0 Å². The van der Waals surface area contributed by atoms with Gasteiger partial charge in [0, 0.05) is 6.07 Å². The number of nitrogen functional groups attached to an aromatic ring is 2. The van der Waals surface area contributed by atoms with Gasteiger partial charge in [0.25, 0.3) is 0 Å². The second-order valence-corrected chi connectivity index (χ2v) is 3.79. The largest absolute Gasteiger partial charge is 0.496 e. The number of rotatable bonds is 5. The standard InChI is InChI=1S/C11H12N6O4/c1-20-6-2-3-8(7(4-6)17(18)19)21-10-5-9(16-13)14-11(12)15-10/h2-5H,13H2,1H3,(H3,12,14,15,16). The van der Waals surface area contributed by atoms with E-state index in [1.54, 1.807) is 0 Å². The number of nitro groups is 1. The van der Waals surface area contributed by atoms with Crippen LogP contribution in [0.15, 0.2) is 24.3 Å². The Morgan fingerprint density at radius 3 is 2.71 bits per heavy atom. The Bertz CT molecular complexity index is 678. The van der Waals surface area contributed by atoms with Crippen LogP contribution in [-0.2, 0) is 0 Å². The van der Waals surface area contributed by atoms with E-state index in [0.717, 1.165) is 0 Å². The molecule has 1 aromatic heterocycles. The molecule has 21 heavy (non-hydrogen) atoms. The molecule has 1 aromatic carbocycles. The molecule has 0 amide bonds. The van der Waals surface area contributed by atoms with E-state index in [9.17, 15) is 10.1 Å². The molecule has 0 saturated heterocycles. The minimum atomic E-state index is -0.593. The molecule has 0 aliphatic rings. The summed E-state index contributed by atoms with van der Waals surface area (Å²) in [5, 5.41) is 11.1. The Labute approximate surface area is 118 Å². The molecule has 0 aliphatic heterocycles. The summed E-state index contributed by atoms with van der Waals surface area (Å²) >= 11 is 0. The van der Waals surface area contributed by atoms with E-state index in [0.29, 0.717) is 5.75 Å². The van der Waals surface area contributed by atoms with Crippen molar-refractivity contribution in [1.82, 2.24) is 9.97 Å². The van der Waals surface area contributed by atoms with Gasteiger partial charge < -0.3 is 20.6 Å². The smallest absolute Gasteiger partial charge is 0.315 e. The number of aromatic nitrogens is 2. The normalized spacial score (nSPS) is 10.0. The highest BCUT2D eigenvalue weighted by atomic mass is 16.6. The summed E-state index contributed by atoms with van der Waals surface area (Å²) in [6.07, 6.45) is 0. The van der Waals surface area contributed by atoms with E-state index in [2.05, 4.69) is 15.4 Å². The third kappa shape index (κ3) is 3.25. The van der Waals surface area contributed by atoms with Crippen molar-refractivity contribution in [3.63, 3.8) is 0 Å². The van der Waals surface area contributed by atoms with E-state index in [-0.39, 0.29) is 29.1 Å². The highest BCUT2D eigenvalue weighted by Crippen LogP contribution is 2.34. The molecule has 110 valence electrons. The number of nitro benzene ring substituents is 1. The SMILES string of the molecule is COc1ccc(Oc2cc(NN)nc(N)n2)c([N+](=O)[O-])c1. The van der Waals surface area contributed by atoms with Crippen molar-refractivity contribution in [3.05, 3.63) is 34.4 Å². The average molecular weight is 292 g/mol. The fourth-order valence-corrected chi connectivity index (χ4v) is 1.53. The molecular weight excluding hydrogens is 280 g/mol. The van der Waals surface area contributed by atoms with Crippen molar-refractivity contribution in [2.45, 2.75) is 0 Å². The van der Waals surface area contributed by atoms with Gasteiger partial charge in [0.2, 0.25) is 17.6 Å². The van der Waals surface area contributed by atoms with Crippen LogP contribution in [0.3, 0.4) is 0 Å². The molecule has 2 aromatic rings. The molecule has 0 unspecified atom stereocenters. The number of methoxy groups -OCH3 is 1. The third-order valence-electron chi connectivity index (χ3n) is 2.45. The second kappa shape index (κ2) is 5.88. The summed E-state index contributed by atoms with van der Waals surface area (Å²) in [5.41, 5.74) is 7.50. The number of hydrogen-bond donors (Lipinski definition) is 3. The van der Waals surface area contributed by atoms with E-state index in [1.807, 2.05) is 0 Å². The van der Waals surface area contributed by atoms with Gasteiger partial charge >= 0.3 is 5.69 Å². The summed E-state index contributed by atoms with van der Waals surface area (Å²) in [7, 11) is 1.41. The summed E-state index contributed by atoms with van der Waals surface area (Å²) in [6.45, 7) is 0. The molecule has 0 aliphatic carbocycles. The Kier molecular flexibility index (Phi) is 4.00. The lowest BCUT2D eigenvalue weighted by Crippen LogP contribution is -2.10. The molecule has 0 fully saturated rings. The van der Waals surface area contributed by atoms with Crippen molar-refractivity contribution in [1.29, 1.82) is 0 Å². The second-order valence-electron chi connectivity index (χ2n) is 3.79. The Morgan fingerprint density at radius 1 is 1.33 bits per heavy atom. The van der Waals surface area contributed by atoms with Crippen LogP contribution in [0.2, 0.25) is 0 Å². The first-order valence-electron chi connectivity index (χ1n) is 5.65. The molecule has 0 spiro atoms. The maximum absolute atomic E-state index is 11.1. The first-order chi connectivity index (χ1) is 10.0. The number of anilines is 2. The summed E-state index contributed by atoms with van der Waals surface area (Å²) < 4.78 is 10.3. The highest BCUT2D eigenvalue weighted by molar-refractivity contribution is 5.53. The minimum Gasteiger partial charge on any atom is -0.496 e. The number of nitrogens with one attached hydrogen (secondary N) is 1. The van der Waals surface area contributed by atoms with Gasteiger partial charge in [-0.25, -0.2) is 5.84 Å². The molecule has 0 saturated carbocycles. The molecular formula is C11H12N6O4. The van der Waals surface area contributed by atoms with Gasteiger partial charge in [-0.05, 0) is 12.1 Å². The lowest BCUT2D eigenvalue weighted by Gasteiger charge is -2.08. The summed E-state index contributed by atoms with van der Waals surface area (Å²) in [4.78, 5) is 18.0. The van der Waals surface area contributed by atoms with Crippen LogP contribution in [0, 0.1) is 10.1 Å². The van der Waals surface area contributed by atoms with Gasteiger partial charge in [-0.2, -0.15) is 9.97 Å². The first kappa shape index (κ1) is 14.3. The number of nitrogens with two attached hydrogens (primary N) is 2. The zero-order chi connectivity index (χ0) is 15.4. The Hall–Kier alpha value is -3.14. The van der Waals surface area contributed by atoms with Crippen LogP contribution in [0.25, 0.3) is 0 Å². The van der Waals surface area contributed by atoms with Crippen LogP contribution < -0.4 is 26.5 Å². The number of ether oxygens (including phenoxy) is 2. The maximum atomic E-state index is 11.1. The fraction of sp³-hybridized carbons (Fsp3) is 0.0909. The van der Waals surface area contributed by atoms with Gasteiger partial charge in [-0.3, -0.25) is 10.1 Å². The summed E-state index contributed by atoms with van der Waals surface area (Å²) in [5.74, 6) is 5.69. The van der Waals surface area contributed by atoms with E-state index in [4.69, 9.17) is 21.1 Å². The van der Waals surface area contributed by atoms with Crippen LogP contribution >= 0.6 is 0 Å². The molecule has 2 rings (SSSR count). The molecule has 10 nitrogen and oxygen atoms in total. The van der Waals surface area contributed by atoms with Crippen molar-refractivity contribution in [2.24, 2.45) is 5.84 Å². The lowest BCUT2D eigenvalue weighted by atomic mass is 10.3. The predicted octanol–water partition coefficient (Wildman–Crippen LogP) is 1.05. The van der Waals surface area contributed by atoms with Crippen LogP contribution in [0.4, 0.5) is 17.5 Å². The van der Waals surface area contributed by atoms with Crippen molar-refractivity contribution < 1.29 is 14.4 Å². The van der Waals surface area contributed by atoms with Gasteiger partial charge in [0.05, 0.1) is 18.1 Å². The van der Waals surface area contributed by atoms with Crippen LogP contribution in [-0.4, -0.2) is 22.0 Å². The van der Waals surface area contributed by atoms with Crippen molar-refractivity contribution in [3.8, 4) is 17.4 Å². The van der Waals surface area contributed by atoms with E-state index < -0.39 is 4.92 Å². The molecule has 1 heterocycles. The molecule has 0 bridgehead atoms. The Morgan fingerprint density at radius 2 is 2.10 bits per heavy atom. The third-order valence-corrected chi connectivity index (χ3v) is 2.45. The van der Waals surface area contributed by atoms with Gasteiger partial charge in [-0.1, -0.05) is 0 Å². The van der Waals surface area contributed by atoms with Gasteiger partial charge in [-0.15, -0.1) is 0 Å². The monoisotopic (exact) mass is 292 g/mol. The number of nitrogens with zero attached hydrogens (tertiary/aromatic N) is 3. The fourth-order valence-electron chi connectivity index (χ4n) is 1.53. The first-order valence-corrected chi connectivity index (χ1v) is 5.65. The zero-order valence-electron chi connectivity index (χ0n) is 10.9. The minimum absolute atomic E-state index is 0.0122. The maximum Gasteiger partial charge on any atom is 0.315 e. The van der Waals surface area contributed by atoms with Crippen molar-refractivity contribution >= 4 is 17.5 Å². The molecule has 0 radical (unpaired) electrons. The number of benzene rings is 1. The average Bonchev–Trinajstić information content (AvgIpc) is 2.46. The quantitative estimate of drug-likeness (QED) is 0.417. The zero-order valence-corrected chi connectivity index (χ0v) is 10.9. The van der Waals surface area contributed by atoms with Gasteiger partial charge in [0.15, 0.2) is 0 Å². The Balaban J connectivity index is 2.39. The van der Waals surface area contributed by atoms with E-state index in [1.165, 1.54) is 31.4 Å². The highest BCUT2D eigenvalue weighted by Gasteiger charge is 2.18.